The first-order valence-corrected chi connectivity index (χ1v) is 17.7. The fourth-order valence-corrected chi connectivity index (χ4v) is 6.96. The maximum absolute atomic E-state index is 14.7. The Morgan fingerprint density at radius 3 is 2.11 bits per heavy atom. The van der Waals surface area contributed by atoms with E-state index < -0.39 is 28.5 Å². The molecule has 47 heavy (non-hydrogen) atoms. The van der Waals surface area contributed by atoms with Gasteiger partial charge in [0.25, 0.3) is 10.0 Å². The molecule has 0 aromatic heterocycles. The van der Waals surface area contributed by atoms with Gasteiger partial charge in [0.1, 0.15) is 12.6 Å². The number of benzene rings is 4. The molecule has 2 amide bonds. The number of anilines is 1. The molecular formula is C37H41Cl2N3O4S. The van der Waals surface area contributed by atoms with Crippen LogP contribution in [0.25, 0.3) is 0 Å². The van der Waals surface area contributed by atoms with E-state index in [0.29, 0.717) is 33.3 Å². The summed E-state index contributed by atoms with van der Waals surface area (Å²) in [5.41, 5.74) is 4.30. The molecule has 10 heteroatoms. The topological polar surface area (TPSA) is 86.8 Å². The lowest BCUT2D eigenvalue weighted by molar-refractivity contribution is -0.140. The zero-order chi connectivity index (χ0) is 34.3. The Bertz CT molecular complexity index is 1820. The van der Waals surface area contributed by atoms with Crippen LogP contribution in [-0.2, 0) is 32.6 Å². The number of hydrogen-bond acceptors (Lipinski definition) is 4. The van der Waals surface area contributed by atoms with Crippen molar-refractivity contribution in [3.8, 4) is 0 Å². The van der Waals surface area contributed by atoms with Gasteiger partial charge in [-0.1, -0.05) is 96.4 Å². The quantitative estimate of drug-likeness (QED) is 0.156. The fourth-order valence-electron chi connectivity index (χ4n) is 5.17. The summed E-state index contributed by atoms with van der Waals surface area (Å²) < 4.78 is 29.8. The molecule has 0 fully saturated rings. The molecule has 0 radical (unpaired) electrons. The molecule has 0 bridgehead atoms. The van der Waals surface area contributed by atoms with Gasteiger partial charge in [-0.2, -0.15) is 0 Å². The third kappa shape index (κ3) is 9.15. The average Bonchev–Trinajstić information content (AvgIpc) is 3.04. The van der Waals surface area contributed by atoms with Crippen LogP contribution in [0.4, 0.5) is 5.69 Å². The minimum absolute atomic E-state index is 0.00757. The SMILES string of the molecule is CCC(C)NC(=O)C(Cc1ccccc1)N(Cc1ccc(Cl)c(Cl)c1)C(=O)CN(c1cc(C)ccc1C)S(=O)(=O)c1ccc(C)cc1. The molecule has 0 aliphatic carbocycles. The van der Waals surface area contributed by atoms with Crippen molar-refractivity contribution in [2.75, 3.05) is 10.8 Å². The van der Waals surface area contributed by atoms with E-state index in [2.05, 4.69) is 5.32 Å². The molecule has 7 nitrogen and oxygen atoms in total. The van der Waals surface area contributed by atoms with E-state index in [1.807, 2.05) is 77.1 Å². The third-order valence-electron chi connectivity index (χ3n) is 8.13. The largest absolute Gasteiger partial charge is 0.352 e. The molecule has 248 valence electrons. The number of nitrogens with zero attached hydrogens (tertiary/aromatic N) is 2. The van der Waals surface area contributed by atoms with Crippen LogP contribution >= 0.6 is 23.2 Å². The third-order valence-corrected chi connectivity index (χ3v) is 10.6. The van der Waals surface area contributed by atoms with E-state index in [-0.39, 0.29) is 29.8 Å². The maximum Gasteiger partial charge on any atom is 0.264 e. The smallest absolute Gasteiger partial charge is 0.264 e. The van der Waals surface area contributed by atoms with Crippen LogP contribution in [0.15, 0.2) is 95.9 Å². The van der Waals surface area contributed by atoms with Gasteiger partial charge in [0, 0.05) is 19.0 Å². The Hall–Kier alpha value is -3.85. The van der Waals surface area contributed by atoms with E-state index in [0.717, 1.165) is 21.0 Å². The van der Waals surface area contributed by atoms with Crippen LogP contribution in [0.1, 0.15) is 48.1 Å². The summed E-state index contributed by atoms with van der Waals surface area (Å²) >= 11 is 12.6. The van der Waals surface area contributed by atoms with Crippen LogP contribution in [0.5, 0.6) is 0 Å². The van der Waals surface area contributed by atoms with Crippen molar-refractivity contribution >= 4 is 50.7 Å². The van der Waals surface area contributed by atoms with E-state index in [1.165, 1.54) is 4.90 Å². The second kappa shape index (κ2) is 15.8. The standard InChI is InChI=1S/C37H41Cl2N3O4S/c1-6-28(5)40-37(44)35(22-29-10-8-7-9-11-29)41(23-30-16-19-32(38)33(39)21-30)36(43)24-42(34-20-26(3)12-15-27(34)4)47(45,46)31-17-13-25(2)14-18-31/h7-21,28,35H,6,22-24H2,1-5H3,(H,40,44). The van der Waals surface area contributed by atoms with E-state index >= 15 is 0 Å². The number of halogens is 2. The van der Waals surface area contributed by atoms with Crippen molar-refractivity contribution in [3.63, 3.8) is 0 Å². The number of sulfonamides is 1. The van der Waals surface area contributed by atoms with Crippen molar-refractivity contribution in [1.29, 1.82) is 0 Å². The number of rotatable bonds is 13. The number of aryl methyl sites for hydroxylation is 3. The maximum atomic E-state index is 14.7. The summed E-state index contributed by atoms with van der Waals surface area (Å²) in [5, 5.41) is 3.70. The molecule has 0 aliphatic rings. The Kier molecular flexibility index (Phi) is 12.1. The molecule has 0 heterocycles. The zero-order valence-corrected chi connectivity index (χ0v) is 29.7. The molecule has 0 spiro atoms. The summed E-state index contributed by atoms with van der Waals surface area (Å²) in [6.07, 6.45) is 0.907. The van der Waals surface area contributed by atoms with Gasteiger partial charge < -0.3 is 10.2 Å². The van der Waals surface area contributed by atoms with Crippen LogP contribution < -0.4 is 9.62 Å². The minimum atomic E-state index is -4.20. The predicted molar refractivity (Wildman–Crippen MR) is 190 cm³/mol. The molecule has 4 rings (SSSR count). The first kappa shape index (κ1) is 36.0. The van der Waals surface area contributed by atoms with Gasteiger partial charge in [-0.15, -0.1) is 0 Å². The van der Waals surface area contributed by atoms with Gasteiger partial charge in [0.05, 0.1) is 20.6 Å². The normalized spacial score (nSPS) is 12.7. The molecule has 4 aromatic rings. The highest BCUT2D eigenvalue weighted by atomic mass is 35.5. The number of carbonyl (C=O) groups excluding carboxylic acids is 2. The van der Waals surface area contributed by atoms with E-state index in [9.17, 15) is 18.0 Å². The molecular weight excluding hydrogens is 653 g/mol. The molecule has 0 saturated heterocycles. The lowest BCUT2D eigenvalue weighted by Crippen LogP contribution is -2.54. The van der Waals surface area contributed by atoms with Crippen molar-refractivity contribution in [2.45, 2.75) is 71.0 Å². The lowest BCUT2D eigenvalue weighted by atomic mass is 10.0. The first-order valence-electron chi connectivity index (χ1n) is 15.5. The van der Waals surface area contributed by atoms with Gasteiger partial charge >= 0.3 is 0 Å². The van der Waals surface area contributed by atoms with Gasteiger partial charge in [-0.05, 0) is 86.7 Å². The van der Waals surface area contributed by atoms with E-state index in [4.69, 9.17) is 23.2 Å². The first-order chi connectivity index (χ1) is 22.3. The summed E-state index contributed by atoms with van der Waals surface area (Å²) in [4.78, 5) is 30.2. The second-order valence-corrected chi connectivity index (χ2v) is 14.6. The molecule has 2 atom stereocenters. The molecule has 2 unspecified atom stereocenters. The summed E-state index contributed by atoms with van der Waals surface area (Å²) in [5.74, 6) is -0.885. The Morgan fingerprint density at radius 2 is 1.47 bits per heavy atom. The van der Waals surface area contributed by atoms with Crippen LogP contribution in [0.2, 0.25) is 10.0 Å². The fraction of sp³-hybridized carbons (Fsp3) is 0.297. The van der Waals surface area contributed by atoms with Gasteiger partial charge in [-0.3, -0.25) is 13.9 Å². The second-order valence-electron chi connectivity index (χ2n) is 11.9. The number of hydrogen-bond donors (Lipinski definition) is 1. The van der Waals surface area contributed by atoms with E-state index in [1.54, 1.807) is 48.5 Å². The Morgan fingerprint density at radius 1 is 0.809 bits per heavy atom. The molecule has 0 saturated carbocycles. The predicted octanol–water partition coefficient (Wildman–Crippen LogP) is 7.67. The Labute approximate surface area is 288 Å². The van der Waals surface area contributed by atoms with Crippen molar-refractivity contribution in [2.24, 2.45) is 0 Å². The highest BCUT2D eigenvalue weighted by Gasteiger charge is 2.35. The number of amides is 2. The average molecular weight is 695 g/mol. The van der Waals surface area contributed by atoms with Gasteiger partial charge in [-0.25, -0.2) is 8.42 Å². The zero-order valence-electron chi connectivity index (χ0n) is 27.3. The highest BCUT2D eigenvalue weighted by Crippen LogP contribution is 2.30. The van der Waals surface area contributed by atoms with Crippen LogP contribution in [0.3, 0.4) is 0 Å². The minimum Gasteiger partial charge on any atom is -0.352 e. The monoisotopic (exact) mass is 693 g/mol. The van der Waals surface area contributed by atoms with Crippen molar-refractivity contribution < 1.29 is 18.0 Å². The summed E-state index contributed by atoms with van der Waals surface area (Å²) in [7, 11) is -4.20. The van der Waals surface area contributed by atoms with Crippen molar-refractivity contribution in [1.82, 2.24) is 10.2 Å². The van der Waals surface area contributed by atoms with Gasteiger partial charge in [0.2, 0.25) is 11.8 Å². The molecule has 0 aliphatic heterocycles. The lowest BCUT2D eigenvalue weighted by Gasteiger charge is -2.34. The molecule has 4 aromatic carbocycles. The number of nitrogens with one attached hydrogen (secondary N) is 1. The van der Waals surface area contributed by atoms with Crippen LogP contribution in [-0.4, -0.2) is 43.8 Å². The van der Waals surface area contributed by atoms with Crippen molar-refractivity contribution in [3.05, 3.63) is 129 Å². The summed E-state index contributed by atoms with van der Waals surface area (Å²) in [6, 6.07) is 25.4. The molecule has 1 N–H and O–H groups in total. The number of carbonyl (C=O) groups is 2. The Balaban J connectivity index is 1.85. The van der Waals surface area contributed by atoms with Crippen LogP contribution in [0, 0.1) is 20.8 Å². The summed E-state index contributed by atoms with van der Waals surface area (Å²) in [6.45, 7) is 8.87. The highest BCUT2D eigenvalue weighted by molar-refractivity contribution is 7.92. The van der Waals surface area contributed by atoms with Gasteiger partial charge in [0.15, 0.2) is 0 Å².